The fourth-order valence-corrected chi connectivity index (χ4v) is 0.610. The highest BCUT2D eigenvalue weighted by Crippen LogP contribution is 1.83. The molecule has 3 heteroatoms. The van der Waals surface area contributed by atoms with E-state index in [2.05, 4.69) is 15.9 Å². The summed E-state index contributed by atoms with van der Waals surface area (Å²) in [5.74, 6) is 0. The van der Waals surface area contributed by atoms with Gasteiger partial charge in [-0.25, -0.2) is 0 Å². The van der Waals surface area contributed by atoms with Crippen molar-refractivity contribution in [3.05, 3.63) is 6.61 Å². The lowest BCUT2D eigenvalue weighted by atomic mass is 10.7. The topological polar surface area (TPSA) is 18.5 Å². The SMILES string of the molecule is C[CH]OCCOCCBr. The highest BCUT2D eigenvalue weighted by atomic mass is 79.9. The molecule has 0 aliphatic heterocycles. The Labute approximate surface area is 64.7 Å². The van der Waals surface area contributed by atoms with Gasteiger partial charge in [0.15, 0.2) is 0 Å². The first-order chi connectivity index (χ1) is 4.41. The Morgan fingerprint density at radius 1 is 1.33 bits per heavy atom. The molecule has 0 rings (SSSR count). The monoisotopic (exact) mass is 195 g/mol. The van der Waals surface area contributed by atoms with Gasteiger partial charge < -0.3 is 9.47 Å². The van der Waals surface area contributed by atoms with Gasteiger partial charge in [-0.2, -0.15) is 0 Å². The van der Waals surface area contributed by atoms with Gasteiger partial charge in [0.2, 0.25) is 0 Å². The van der Waals surface area contributed by atoms with Gasteiger partial charge in [0, 0.05) is 5.33 Å². The van der Waals surface area contributed by atoms with E-state index >= 15 is 0 Å². The van der Waals surface area contributed by atoms with Crippen LogP contribution < -0.4 is 0 Å². The largest absolute Gasteiger partial charge is 0.378 e. The lowest BCUT2D eigenvalue weighted by Gasteiger charge is -2.00. The Hall–Kier alpha value is 0.400. The van der Waals surface area contributed by atoms with Gasteiger partial charge in [0.25, 0.3) is 0 Å². The van der Waals surface area contributed by atoms with Gasteiger partial charge in [-0.15, -0.1) is 0 Å². The van der Waals surface area contributed by atoms with Gasteiger partial charge in [-0.05, 0) is 6.92 Å². The molecular weight excluding hydrogens is 184 g/mol. The summed E-state index contributed by atoms with van der Waals surface area (Å²) >= 11 is 3.24. The average molecular weight is 196 g/mol. The van der Waals surface area contributed by atoms with Gasteiger partial charge in [0.05, 0.1) is 26.4 Å². The van der Waals surface area contributed by atoms with Crippen molar-refractivity contribution < 1.29 is 9.47 Å². The fraction of sp³-hybridized carbons (Fsp3) is 0.833. The Morgan fingerprint density at radius 2 is 2.11 bits per heavy atom. The third-order valence-electron chi connectivity index (χ3n) is 0.734. The Kier molecular flexibility index (Phi) is 8.77. The van der Waals surface area contributed by atoms with Crippen LogP contribution in [0.15, 0.2) is 0 Å². The Balaban J connectivity index is 2.60. The summed E-state index contributed by atoms with van der Waals surface area (Å²) in [6.07, 6.45) is 0. The molecule has 0 aromatic heterocycles. The highest BCUT2D eigenvalue weighted by Gasteiger charge is 1.84. The molecule has 0 aliphatic rings. The molecule has 9 heavy (non-hydrogen) atoms. The van der Waals surface area contributed by atoms with Crippen molar-refractivity contribution >= 4 is 15.9 Å². The number of rotatable bonds is 6. The first-order valence-electron chi connectivity index (χ1n) is 2.95. The maximum Gasteiger partial charge on any atom is 0.0807 e. The minimum atomic E-state index is 0.656. The Bertz CT molecular complexity index is 44.3. The summed E-state index contributed by atoms with van der Waals surface area (Å²) in [7, 11) is 0. The van der Waals surface area contributed by atoms with Gasteiger partial charge in [-0.3, -0.25) is 0 Å². The number of ether oxygens (including phenoxy) is 2. The van der Waals surface area contributed by atoms with Crippen LogP contribution in [0.4, 0.5) is 0 Å². The summed E-state index contributed by atoms with van der Waals surface area (Å²) < 4.78 is 10.0. The normalized spacial score (nSPS) is 10.0. The fourth-order valence-electron chi connectivity index (χ4n) is 0.382. The molecule has 0 unspecified atom stereocenters. The van der Waals surface area contributed by atoms with Gasteiger partial charge in [0.1, 0.15) is 0 Å². The molecule has 0 fully saturated rings. The molecule has 0 spiro atoms. The number of halogens is 1. The third kappa shape index (κ3) is 8.40. The minimum Gasteiger partial charge on any atom is -0.378 e. The van der Waals surface area contributed by atoms with Crippen molar-refractivity contribution in [2.75, 3.05) is 25.2 Å². The first kappa shape index (κ1) is 9.40. The molecule has 0 aromatic carbocycles. The van der Waals surface area contributed by atoms with Crippen LogP contribution in [0.5, 0.6) is 0 Å². The summed E-state index contributed by atoms with van der Waals surface area (Å²) in [6.45, 7) is 5.61. The smallest absolute Gasteiger partial charge is 0.0807 e. The van der Waals surface area contributed by atoms with Crippen LogP contribution in [-0.4, -0.2) is 25.2 Å². The molecule has 1 radical (unpaired) electrons. The predicted molar refractivity (Wildman–Crippen MR) is 40.5 cm³/mol. The van der Waals surface area contributed by atoms with E-state index in [1.165, 1.54) is 0 Å². The second kappa shape index (κ2) is 8.40. The molecule has 55 valence electrons. The molecule has 0 saturated carbocycles. The maximum atomic E-state index is 5.09. The molecule has 0 bridgehead atoms. The zero-order valence-electron chi connectivity index (χ0n) is 5.60. The molecule has 0 saturated heterocycles. The van der Waals surface area contributed by atoms with Crippen molar-refractivity contribution in [1.29, 1.82) is 0 Å². The average Bonchev–Trinajstić information content (AvgIpc) is 1.89. The van der Waals surface area contributed by atoms with Crippen LogP contribution in [0.25, 0.3) is 0 Å². The standard InChI is InChI=1S/C6H12BrO2/c1-2-8-5-6-9-4-3-7/h2H,3-6H2,1H3. The van der Waals surface area contributed by atoms with Gasteiger partial charge in [-0.1, -0.05) is 15.9 Å². The van der Waals surface area contributed by atoms with Crippen LogP contribution in [0, 0.1) is 6.61 Å². The second-order valence-electron chi connectivity index (χ2n) is 1.41. The van der Waals surface area contributed by atoms with Crippen molar-refractivity contribution in [3.63, 3.8) is 0 Å². The zero-order chi connectivity index (χ0) is 6.95. The van der Waals surface area contributed by atoms with Crippen LogP contribution in [0.3, 0.4) is 0 Å². The molecule has 2 nitrogen and oxygen atoms in total. The van der Waals surface area contributed by atoms with E-state index in [4.69, 9.17) is 9.47 Å². The summed E-state index contributed by atoms with van der Waals surface area (Å²) in [5, 5.41) is 0.892. The van der Waals surface area contributed by atoms with Crippen LogP contribution in [0.1, 0.15) is 6.92 Å². The molecule has 0 atom stereocenters. The lowest BCUT2D eigenvalue weighted by molar-refractivity contribution is 0.0820. The summed E-state index contributed by atoms with van der Waals surface area (Å²) in [6, 6.07) is 0. The summed E-state index contributed by atoms with van der Waals surface area (Å²) in [5.41, 5.74) is 0. The lowest BCUT2D eigenvalue weighted by Crippen LogP contribution is -2.03. The number of alkyl halides is 1. The minimum absolute atomic E-state index is 0.656. The Morgan fingerprint density at radius 3 is 2.67 bits per heavy atom. The molecule has 0 N–H and O–H groups in total. The molecule has 0 amide bonds. The van der Waals surface area contributed by atoms with Crippen molar-refractivity contribution in [2.45, 2.75) is 6.92 Å². The maximum absolute atomic E-state index is 5.09. The van der Waals surface area contributed by atoms with E-state index in [1.54, 1.807) is 6.61 Å². The predicted octanol–water partition coefficient (Wildman–Crippen LogP) is 1.60. The van der Waals surface area contributed by atoms with Crippen LogP contribution in [0.2, 0.25) is 0 Å². The highest BCUT2D eigenvalue weighted by molar-refractivity contribution is 9.09. The van der Waals surface area contributed by atoms with Crippen LogP contribution >= 0.6 is 15.9 Å². The zero-order valence-corrected chi connectivity index (χ0v) is 7.19. The van der Waals surface area contributed by atoms with E-state index in [1.807, 2.05) is 6.92 Å². The molecule has 0 aromatic rings. The number of hydrogen-bond acceptors (Lipinski definition) is 2. The van der Waals surface area contributed by atoms with Crippen molar-refractivity contribution in [3.8, 4) is 0 Å². The van der Waals surface area contributed by atoms with E-state index in [-0.39, 0.29) is 0 Å². The summed E-state index contributed by atoms with van der Waals surface area (Å²) in [4.78, 5) is 0. The van der Waals surface area contributed by atoms with Crippen molar-refractivity contribution in [2.24, 2.45) is 0 Å². The van der Waals surface area contributed by atoms with E-state index in [0.29, 0.717) is 13.2 Å². The number of hydrogen-bond donors (Lipinski definition) is 0. The van der Waals surface area contributed by atoms with Crippen LogP contribution in [-0.2, 0) is 9.47 Å². The quantitative estimate of drug-likeness (QED) is 0.474. The van der Waals surface area contributed by atoms with E-state index in [9.17, 15) is 0 Å². The third-order valence-corrected chi connectivity index (χ3v) is 1.06. The first-order valence-corrected chi connectivity index (χ1v) is 4.07. The second-order valence-corrected chi connectivity index (χ2v) is 2.20. The molecule has 0 heterocycles. The van der Waals surface area contributed by atoms with E-state index in [0.717, 1.165) is 11.9 Å². The molecule has 0 aliphatic carbocycles. The van der Waals surface area contributed by atoms with E-state index < -0.39 is 0 Å². The van der Waals surface area contributed by atoms with Gasteiger partial charge >= 0.3 is 0 Å². The van der Waals surface area contributed by atoms with Crippen molar-refractivity contribution in [1.82, 2.24) is 0 Å². The molecular formula is C6H12BrO2.